The number of benzene rings is 2. The number of anilines is 1. The Morgan fingerprint density at radius 1 is 1.12 bits per heavy atom. The number of nitrogens with one attached hydrogen (secondary N) is 1. The maximum Gasteiger partial charge on any atom is 0.416 e. The molecule has 0 radical (unpaired) electrons. The number of halogens is 3. The first kappa shape index (κ1) is 16.2. The van der Waals surface area contributed by atoms with Gasteiger partial charge in [0.2, 0.25) is 0 Å². The highest BCUT2D eigenvalue weighted by Gasteiger charge is 2.30. The molecule has 0 aliphatic heterocycles. The molecule has 1 unspecified atom stereocenters. The van der Waals surface area contributed by atoms with Crippen LogP contribution < -0.4 is 10.1 Å². The molecule has 0 fully saturated rings. The van der Waals surface area contributed by atoms with E-state index in [1.807, 2.05) is 19.1 Å². The number of aromatic nitrogens is 1. The highest BCUT2D eigenvalue weighted by molar-refractivity contribution is 5.72. The molecule has 2 aromatic carbocycles. The van der Waals surface area contributed by atoms with Gasteiger partial charge in [-0.15, -0.1) is 0 Å². The normalized spacial score (nSPS) is 13.0. The fraction of sp³-hybridized carbons (Fsp3) is 0.235. The third kappa shape index (κ3) is 3.61. The molecule has 0 spiro atoms. The lowest BCUT2D eigenvalue weighted by Gasteiger charge is -2.18. The lowest BCUT2D eigenvalue weighted by molar-refractivity contribution is -0.137. The third-order valence-electron chi connectivity index (χ3n) is 3.43. The summed E-state index contributed by atoms with van der Waals surface area (Å²) in [7, 11) is 0. The average Bonchev–Trinajstić information content (AvgIpc) is 2.96. The predicted octanol–water partition coefficient (Wildman–Crippen LogP) is 5.07. The highest BCUT2D eigenvalue weighted by atomic mass is 19.4. The van der Waals surface area contributed by atoms with E-state index >= 15 is 0 Å². The minimum atomic E-state index is -4.35. The summed E-state index contributed by atoms with van der Waals surface area (Å²) in [5, 5.41) is 3.01. The average molecular weight is 336 g/mol. The molecule has 1 heterocycles. The summed E-state index contributed by atoms with van der Waals surface area (Å²) in [6, 6.07) is 12.0. The molecule has 126 valence electrons. The number of ether oxygens (including phenoxy) is 1. The van der Waals surface area contributed by atoms with Gasteiger partial charge in [0.25, 0.3) is 0 Å². The molecule has 0 saturated heterocycles. The number of alkyl halides is 3. The second kappa shape index (κ2) is 6.43. The van der Waals surface area contributed by atoms with Crippen LogP contribution >= 0.6 is 0 Å². The first-order valence-corrected chi connectivity index (χ1v) is 7.41. The van der Waals surface area contributed by atoms with Crippen molar-refractivity contribution in [3.63, 3.8) is 0 Å². The van der Waals surface area contributed by atoms with Crippen LogP contribution in [0.2, 0.25) is 0 Å². The molecule has 7 heteroatoms. The van der Waals surface area contributed by atoms with E-state index in [2.05, 4.69) is 10.3 Å². The number of hydrogen-bond acceptors (Lipinski definition) is 4. The SMILES string of the molecule is CCC(Nc1ccc(C(F)(F)F)cc1)Oc1nc2ccccc2o1. The topological polar surface area (TPSA) is 47.3 Å². The van der Waals surface area contributed by atoms with Crippen molar-refractivity contribution in [2.45, 2.75) is 25.7 Å². The van der Waals surface area contributed by atoms with Gasteiger partial charge in [-0.05, 0) is 36.4 Å². The molecule has 1 aromatic heterocycles. The van der Waals surface area contributed by atoms with Crippen LogP contribution in [0, 0.1) is 0 Å². The van der Waals surface area contributed by atoms with E-state index in [9.17, 15) is 13.2 Å². The summed E-state index contributed by atoms with van der Waals surface area (Å²) >= 11 is 0. The van der Waals surface area contributed by atoms with Crippen molar-refractivity contribution in [2.24, 2.45) is 0 Å². The molecule has 0 amide bonds. The molecule has 0 saturated carbocycles. The molecule has 0 aliphatic rings. The summed E-state index contributed by atoms with van der Waals surface area (Å²) in [6.07, 6.45) is -4.14. The molecule has 1 N–H and O–H groups in total. The lowest BCUT2D eigenvalue weighted by Crippen LogP contribution is -2.25. The van der Waals surface area contributed by atoms with E-state index in [0.717, 1.165) is 12.1 Å². The van der Waals surface area contributed by atoms with Crippen molar-refractivity contribution in [3.05, 3.63) is 54.1 Å². The Labute approximate surface area is 136 Å². The number of hydrogen-bond donors (Lipinski definition) is 1. The number of para-hydroxylation sites is 2. The van der Waals surface area contributed by atoms with Gasteiger partial charge in [0.1, 0.15) is 5.52 Å². The summed E-state index contributed by atoms with van der Waals surface area (Å²) in [6.45, 7) is 1.88. The minimum Gasteiger partial charge on any atom is -0.426 e. The smallest absolute Gasteiger partial charge is 0.416 e. The Kier molecular flexibility index (Phi) is 4.33. The van der Waals surface area contributed by atoms with Gasteiger partial charge in [-0.1, -0.05) is 19.1 Å². The van der Waals surface area contributed by atoms with Crippen molar-refractivity contribution in [3.8, 4) is 6.08 Å². The molecule has 4 nitrogen and oxygen atoms in total. The van der Waals surface area contributed by atoms with Crippen LogP contribution in [-0.4, -0.2) is 11.2 Å². The summed E-state index contributed by atoms with van der Waals surface area (Å²) in [4.78, 5) is 4.21. The monoisotopic (exact) mass is 336 g/mol. The van der Waals surface area contributed by atoms with Crippen molar-refractivity contribution in [1.82, 2.24) is 4.98 Å². The number of fused-ring (bicyclic) bond motifs is 1. The van der Waals surface area contributed by atoms with Gasteiger partial charge in [0.15, 0.2) is 11.8 Å². The molecular weight excluding hydrogens is 321 g/mol. The zero-order chi connectivity index (χ0) is 17.2. The van der Waals surface area contributed by atoms with Gasteiger partial charge < -0.3 is 14.5 Å². The third-order valence-corrected chi connectivity index (χ3v) is 3.43. The van der Waals surface area contributed by atoms with Gasteiger partial charge >= 0.3 is 12.3 Å². The van der Waals surface area contributed by atoms with Crippen molar-refractivity contribution in [1.29, 1.82) is 0 Å². The maximum absolute atomic E-state index is 12.6. The fourth-order valence-corrected chi connectivity index (χ4v) is 2.18. The van der Waals surface area contributed by atoms with Crippen LogP contribution in [0.15, 0.2) is 52.9 Å². The molecule has 3 rings (SSSR count). The van der Waals surface area contributed by atoms with Gasteiger partial charge in [-0.25, -0.2) is 0 Å². The van der Waals surface area contributed by atoms with Gasteiger partial charge in [0, 0.05) is 12.1 Å². The second-order valence-electron chi connectivity index (χ2n) is 5.18. The molecule has 24 heavy (non-hydrogen) atoms. The zero-order valence-electron chi connectivity index (χ0n) is 12.8. The summed E-state index contributed by atoms with van der Waals surface area (Å²) in [5.41, 5.74) is 1.11. The first-order chi connectivity index (χ1) is 11.5. The Hall–Kier alpha value is -2.70. The van der Waals surface area contributed by atoms with Crippen LogP contribution in [0.25, 0.3) is 11.1 Å². The van der Waals surface area contributed by atoms with Crippen molar-refractivity contribution in [2.75, 3.05) is 5.32 Å². The Morgan fingerprint density at radius 3 is 2.46 bits per heavy atom. The van der Waals surface area contributed by atoms with Gasteiger partial charge in [-0.2, -0.15) is 18.2 Å². The summed E-state index contributed by atoms with van der Waals surface area (Å²) in [5.74, 6) is 0. The lowest BCUT2D eigenvalue weighted by atomic mass is 10.2. The van der Waals surface area contributed by atoms with E-state index in [4.69, 9.17) is 9.15 Å². The maximum atomic E-state index is 12.6. The molecule has 0 bridgehead atoms. The predicted molar refractivity (Wildman–Crippen MR) is 83.8 cm³/mol. The van der Waals surface area contributed by atoms with E-state index in [-0.39, 0.29) is 6.08 Å². The van der Waals surface area contributed by atoms with Crippen LogP contribution in [0.5, 0.6) is 6.08 Å². The van der Waals surface area contributed by atoms with E-state index < -0.39 is 18.0 Å². The quantitative estimate of drug-likeness (QED) is 0.661. The second-order valence-corrected chi connectivity index (χ2v) is 5.18. The van der Waals surface area contributed by atoms with E-state index in [1.165, 1.54) is 12.1 Å². The van der Waals surface area contributed by atoms with Crippen molar-refractivity contribution >= 4 is 16.8 Å². The van der Waals surface area contributed by atoms with Crippen LogP contribution in [-0.2, 0) is 6.18 Å². The van der Waals surface area contributed by atoms with Gasteiger partial charge in [-0.3, -0.25) is 0 Å². The number of oxazole rings is 1. The number of nitrogens with zero attached hydrogens (tertiary/aromatic N) is 1. The molecule has 0 aliphatic carbocycles. The van der Waals surface area contributed by atoms with Crippen molar-refractivity contribution < 1.29 is 22.3 Å². The van der Waals surface area contributed by atoms with E-state index in [0.29, 0.717) is 23.2 Å². The molecular formula is C17H15F3N2O2. The molecule has 3 aromatic rings. The number of rotatable bonds is 5. The van der Waals surface area contributed by atoms with Crippen LogP contribution in [0.1, 0.15) is 18.9 Å². The first-order valence-electron chi connectivity index (χ1n) is 7.41. The Bertz CT molecular complexity index is 780. The Morgan fingerprint density at radius 2 is 1.83 bits per heavy atom. The van der Waals surface area contributed by atoms with E-state index in [1.54, 1.807) is 12.1 Å². The summed E-state index contributed by atoms with van der Waals surface area (Å²) < 4.78 is 48.8. The van der Waals surface area contributed by atoms with Crippen LogP contribution in [0.4, 0.5) is 18.9 Å². The zero-order valence-corrected chi connectivity index (χ0v) is 12.8. The van der Waals surface area contributed by atoms with Crippen LogP contribution in [0.3, 0.4) is 0 Å². The minimum absolute atomic E-state index is 0.113. The highest BCUT2D eigenvalue weighted by Crippen LogP contribution is 2.30. The standard InChI is InChI=1S/C17H15F3N2O2/c1-2-15(21-12-9-7-11(8-10-12)17(18,19)20)24-16-22-13-5-3-4-6-14(13)23-16/h3-10,15,21H,2H2,1H3. The fourth-order valence-electron chi connectivity index (χ4n) is 2.18. The molecule has 1 atom stereocenters. The van der Waals surface area contributed by atoms with Gasteiger partial charge in [0.05, 0.1) is 5.56 Å². The Balaban J connectivity index is 1.70. The largest absolute Gasteiger partial charge is 0.426 e.